The third kappa shape index (κ3) is 2.86. The van der Waals surface area contributed by atoms with Crippen molar-refractivity contribution in [2.75, 3.05) is 0 Å². The van der Waals surface area contributed by atoms with E-state index in [4.69, 9.17) is 4.52 Å². The van der Waals surface area contributed by atoms with Gasteiger partial charge in [-0.3, -0.25) is 9.48 Å². The van der Waals surface area contributed by atoms with Gasteiger partial charge in [0.1, 0.15) is 0 Å². The average molecular weight is 368 g/mol. The average Bonchev–Trinajstić information content (AvgIpc) is 3.33. The van der Waals surface area contributed by atoms with E-state index in [1.807, 2.05) is 38.4 Å². The highest BCUT2D eigenvalue weighted by atomic mass is 32.1. The van der Waals surface area contributed by atoms with Crippen molar-refractivity contribution in [3.05, 3.63) is 46.4 Å². The van der Waals surface area contributed by atoms with Crippen LogP contribution in [0, 0.1) is 13.8 Å². The minimum atomic E-state index is -0.223. The van der Waals surface area contributed by atoms with Crippen molar-refractivity contribution >= 4 is 28.3 Å². The Bertz CT molecular complexity index is 1100. The van der Waals surface area contributed by atoms with E-state index in [1.54, 1.807) is 10.7 Å². The maximum atomic E-state index is 12.7. The van der Waals surface area contributed by atoms with Crippen LogP contribution in [0.25, 0.3) is 21.8 Å². The number of aryl methyl sites for hydroxylation is 3. The molecular formula is C17H16N6O2S. The van der Waals surface area contributed by atoms with E-state index < -0.39 is 0 Å². The van der Waals surface area contributed by atoms with E-state index in [-0.39, 0.29) is 12.5 Å². The Balaban J connectivity index is 1.57. The van der Waals surface area contributed by atoms with Crippen LogP contribution >= 0.6 is 11.3 Å². The Morgan fingerprint density at radius 1 is 1.35 bits per heavy atom. The predicted octanol–water partition coefficient (Wildman–Crippen LogP) is 2.63. The van der Waals surface area contributed by atoms with Crippen molar-refractivity contribution in [3.63, 3.8) is 0 Å². The molecule has 8 nitrogen and oxygen atoms in total. The first-order valence-corrected chi connectivity index (χ1v) is 8.86. The lowest BCUT2D eigenvalue weighted by atomic mass is 10.1. The SMILES string of the molecule is Cc1cc(C(=O)NCc2noc(-c3cccs3)n2)c2c(C)nn(C)c2n1. The second-order valence-electron chi connectivity index (χ2n) is 5.89. The van der Waals surface area contributed by atoms with E-state index in [1.165, 1.54) is 11.3 Å². The number of hydrogen-bond acceptors (Lipinski definition) is 7. The molecule has 0 aliphatic rings. The van der Waals surface area contributed by atoms with E-state index in [2.05, 4.69) is 25.5 Å². The van der Waals surface area contributed by atoms with Crippen molar-refractivity contribution in [3.8, 4) is 10.8 Å². The molecule has 0 saturated heterocycles. The normalized spacial score (nSPS) is 11.2. The Morgan fingerprint density at radius 2 is 2.19 bits per heavy atom. The fourth-order valence-electron chi connectivity index (χ4n) is 2.83. The smallest absolute Gasteiger partial charge is 0.268 e. The lowest BCUT2D eigenvalue weighted by Crippen LogP contribution is -2.24. The first-order valence-electron chi connectivity index (χ1n) is 7.98. The van der Waals surface area contributed by atoms with Gasteiger partial charge in [-0.25, -0.2) is 4.98 Å². The lowest BCUT2D eigenvalue weighted by molar-refractivity contribution is 0.0951. The summed E-state index contributed by atoms with van der Waals surface area (Å²) >= 11 is 1.52. The number of thiophene rings is 1. The van der Waals surface area contributed by atoms with Crippen LogP contribution in [0.3, 0.4) is 0 Å². The van der Waals surface area contributed by atoms with Gasteiger partial charge in [-0.2, -0.15) is 10.1 Å². The Hall–Kier alpha value is -3.07. The highest BCUT2D eigenvalue weighted by Gasteiger charge is 2.18. The fourth-order valence-corrected chi connectivity index (χ4v) is 3.47. The van der Waals surface area contributed by atoms with Crippen molar-refractivity contribution in [2.45, 2.75) is 20.4 Å². The highest BCUT2D eigenvalue weighted by molar-refractivity contribution is 7.13. The predicted molar refractivity (Wildman–Crippen MR) is 96.8 cm³/mol. The number of amides is 1. The molecule has 0 aliphatic heterocycles. The molecule has 132 valence electrons. The molecule has 0 unspecified atom stereocenters. The number of aromatic nitrogens is 5. The number of rotatable bonds is 4. The topological polar surface area (TPSA) is 98.7 Å². The zero-order valence-corrected chi connectivity index (χ0v) is 15.3. The fraction of sp³-hybridized carbons (Fsp3) is 0.235. The molecule has 4 aromatic heterocycles. The standard InChI is InChI=1S/C17H16N6O2S/c1-9-7-11(14-10(2)21-23(3)15(14)19-9)16(24)18-8-13-20-17(25-22-13)12-5-4-6-26-12/h4-7H,8H2,1-3H3,(H,18,24). The van der Waals surface area contributed by atoms with Crippen molar-refractivity contribution < 1.29 is 9.32 Å². The van der Waals surface area contributed by atoms with E-state index in [0.29, 0.717) is 22.9 Å². The molecular weight excluding hydrogens is 352 g/mol. The summed E-state index contributed by atoms with van der Waals surface area (Å²) in [6.45, 7) is 3.89. The summed E-state index contributed by atoms with van der Waals surface area (Å²) in [6, 6.07) is 5.58. The molecule has 4 heterocycles. The van der Waals surface area contributed by atoms with Gasteiger partial charge < -0.3 is 9.84 Å². The van der Waals surface area contributed by atoms with Crippen LogP contribution in [0.15, 0.2) is 28.1 Å². The van der Waals surface area contributed by atoms with Crippen LogP contribution in [-0.2, 0) is 13.6 Å². The van der Waals surface area contributed by atoms with Gasteiger partial charge in [-0.15, -0.1) is 11.3 Å². The minimum Gasteiger partial charge on any atom is -0.345 e. The maximum Gasteiger partial charge on any atom is 0.268 e. The molecule has 0 aliphatic carbocycles. The van der Waals surface area contributed by atoms with Gasteiger partial charge in [0.25, 0.3) is 11.8 Å². The van der Waals surface area contributed by atoms with Crippen molar-refractivity contribution in [2.24, 2.45) is 7.05 Å². The second kappa shape index (κ2) is 6.34. The number of fused-ring (bicyclic) bond motifs is 1. The number of hydrogen-bond donors (Lipinski definition) is 1. The van der Waals surface area contributed by atoms with Crippen LogP contribution in [0.4, 0.5) is 0 Å². The molecule has 1 amide bonds. The van der Waals surface area contributed by atoms with Crippen molar-refractivity contribution in [1.82, 2.24) is 30.2 Å². The van der Waals surface area contributed by atoms with Crippen LogP contribution in [-0.4, -0.2) is 30.8 Å². The summed E-state index contributed by atoms with van der Waals surface area (Å²) in [4.78, 5) is 22.4. The third-order valence-electron chi connectivity index (χ3n) is 3.95. The number of carbonyl (C=O) groups is 1. The van der Waals surface area contributed by atoms with Gasteiger partial charge in [0, 0.05) is 12.7 Å². The summed E-state index contributed by atoms with van der Waals surface area (Å²) in [5.41, 5.74) is 2.75. The zero-order valence-electron chi connectivity index (χ0n) is 14.5. The molecule has 4 rings (SSSR count). The minimum absolute atomic E-state index is 0.176. The van der Waals surface area contributed by atoms with Crippen molar-refractivity contribution in [1.29, 1.82) is 0 Å². The van der Waals surface area contributed by atoms with Gasteiger partial charge in [-0.1, -0.05) is 11.2 Å². The Kier molecular flexibility index (Phi) is 4.00. The summed E-state index contributed by atoms with van der Waals surface area (Å²) in [6.07, 6.45) is 0. The summed E-state index contributed by atoms with van der Waals surface area (Å²) in [5, 5.41) is 13.8. The van der Waals surface area contributed by atoms with Gasteiger partial charge in [-0.05, 0) is 31.4 Å². The number of carbonyl (C=O) groups excluding carboxylic acids is 1. The maximum absolute atomic E-state index is 12.7. The molecule has 26 heavy (non-hydrogen) atoms. The molecule has 4 aromatic rings. The van der Waals surface area contributed by atoms with Crippen LogP contribution in [0.1, 0.15) is 27.6 Å². The van der Waals surface area contributed by atoms with Crippen LogP contribution < -0.4 is 5.32 Å². The quantitative estimate of drug-likeness (QED) is 0.594. The van der Waals surface area contributed by atoms with Crippen LogP contribution in [0.5, 0.6) is 0 Å². The molecule has 0 radical (unpaired) electrons. The van der Waals surface area contributed by atoms with Gasteiger partial charge in [0.15, 0.2) is 11.5 Å². The Labute approximate surface area is 152 Å². The molecule has 0 atom stereocenters. The summed E-state index contributed by atoms with van der Waals surface area (Å²) in [7, 11) is 1.81. The van der Waals surface area contributed by atoms with Crippen LogP contribution in [0.2, 0.25) is 0 Å². The van der Waals surface area contributed by atoms with Gasteiger partial charge in [0.2, 0.25) is 0 Å². The molecule has 1 N–H and O–H groups in total. The number of pyridine rings is 1. The molecule has 0 spiro atoms. The summed E-state index contributed by atoms with van der Waals surface area (Å²) in [5.74, 6) is 0.653. The third-order valence-corrected chi connectivity index (χ3v) is 4.81. The van der Waals surface area contributed by atoms with E-state index in [9.17, 15) is 4.79 Å². The molecule has 0 aromatic carbocycles. The lowest BCUT2D eigenvalue weighted by Gasteiger charge is -2.06. The monoisotopic (exact) mass is 368 g/mol. The Morgan fingerprint density at radius 3 is 2.96 bits per heavy atom. The molecule has 0 bridgehead atoms. The van der Waals surface area contributed by atoms with E-state index >= 15 is 0 Å². The first kappa shape index (κ1) is 16.4. The first-order chi connectivity index (χ1) is 12.5. The largest absolute Gasteiger partial charge is 0.345 e. The summed E-state index contributed by atoms with van der Waals surface area (Å²) < 4.78 is 6.91. The molecule has 0 saturated carbocycles. The second-order valence-corrected chi connectivity index (χ2v) is 6.84. The highest BCUT2D eigenvalue weighted by Crippen LogP contribution is 2.23. The van der Waals surface area contributed by atoms with Gasteiger partial charge >= 0.3 is 0 Å². The number of nitrogens with zero attached hydrogens (tertiary/aromatic N) is 5. The molecule has 0 fully saturated rings. The zero-order chi connectivity index (χ0) is 18.3. The van der Waals surface area contributed by atoms with Gasteiger partial charge in [0.05, 0.1) is 28.1 Å². The molecule has 9 heteroatoms. The van der Waals surface area contributed by atoms with E-state index in [0.717, 1.165) is 21.7 Å². The number of nitrogens with one attached hydrogen (secondary N) is 1.